The minimum Gasteiger partial charge on any atom is -1.00 e. The van der Waals surface area contributed by atoms with E-state index < -0.39 is 0 Å². The maximum Gasteiger partial charge on any atom is 0.271 e. The molecule has 4 bridgehead atoms. The molecule has 0 saturated heterocycles. The van der Waals surface area contributed by atoms with Crippen molar-refractivity contribution in [2.75, 3.05) is 20.6 Å². The first kappa shape index (κ1) is 26.2. The number of halogens is 1. The zero-order valence-electron chi connectivity index (χ0n) is 20.2. The quantitative estimate of drug-likeness (QED) is 0.227. The Labute approximate surface area is 197 Å². The van der Waals surface area contributed by atoms with Crippen molar-refractivity contribution in [3.63, 3.8) is 0 Å². The van der Waals surface area contributed by atoms with E-state index in [1.807, 2.05) is 0 Å². The maximum atomic E-state index is 13.3. The summed E-state index contributed by atoms with van der Waals surface area (Å²) in [5.41, 5.74) is 3.43. The van der Waals surface area contributed by atoms with Crippen LogP contribution in [0.1, 0.15) is 116 Å². The van der Waals surface area contributed by atoms with Crippen molar-refractivity contribution in [3.05, 3.63) is 0 Å². The number of rotatable bonds is 14. The highest BCUT2D eigenvalue weighted by Crippen LogP contribution is 2.60. The monoisotopic (exact) mass is 484 g/mol. The molecule has 3 nitrogen and oxygen atoms in total. The molecule has 0 aromatic heterocycles. The first-order valence-electron chi connectivity index (χ1n) is 13.1. The molecule has 4 aliphatic rings. The first-order chi connectivity index (χ1) is 13.9. The van der Waals surface area contributed by atoms with E-state index in [1.54, 1.807) is 0 Å². The predicted octanol–water partition coefficient (Wildman–Crippen LogP) is 3.63. The van der Waals surface area contributed by atoms with Crippen LogP contribution < -0.4 is 22.4 Å². The van der Waals surface area contributed by atoms with Gasteiger partial charge < -0.3 is 17.0 Å². The van der Waals surface area contributed by atoms with Gasteiger partial charge in [-0.05, 0) is 69.1 Å². The molecule has 0 unspecified atom stereocenters. The van der Waals surface area contributed by atoms with Crippen molar-refractivity contribution < 1.29 is 26.4 Å². The summed E-state index contributed by atoms with van der Waals surface area (Å²) in [7, 11) is 4.38. The van der Waals surface area contributed by atoms with Crippen molar-refractivity contribution in [1.82, 2.24) is 5.43 Å². The van der Waals surface area contributed by atoms with E-state index in [0.717, 1.165) is 24.3 Å². The molecule has 1 N–H and O–H groups in total. The Morgan fingerprint density at radius 3 is 1.60 bits per heavy atom. The smallest absolute Gasteiger partial charge is 0.271 e. The first-order valence-corrected chi connectivity index (χ1v) is 13.1. The van der Waals surface area contributed by atoms with Crippen LogP contribution in [0.15, 0.2) is 0 Å². The van der Waals surface area contributed by atoms with Gasteiger partial charge in [-0.15, -0.1) is 0 Å². The molecule has 4 rings (SSSR count). The fourth-order valence-corrected chi connectivity index (χ4v) is 7.01. The highest BCUT2D eigenvalue weighted by atomic mass is 79.9. The van der Waals surface area contributed by atoms with Crippen LogP contribution in [0.3, 0.4) is 0 Å². The van der Waals surface area contributed by atoms with Gasteiger partial charge in [0.15, 0.2) is 0 Å². The van der Waals surface area contributed by atoms with Crippen LogP contribution in [0.2, 0.25) is 0 Å². The summed E-state index contributed by atoms with van der Waals surface area (Å²) < 4.78 is 0.665. The van der Waals surface area contributed by atoms with E-state index in [-0.39, 0.29) is 22.4 Å². The molecule has 4 saturated carbocycles. The molecule has 4 aliphatic carbocycles. The van der Waals surface area contributed by atoms with Crippen LogP contribution in [-0.4, -0.2) is 31.1 Å². The lowest BCUT2D eigenvalue weighted by atomic mass is 9.49. The minimum atomic E-state index is -0.0125. The van der Waals surface area contributed by atoms with Crippen LogP contribution in [0, 0.1) is 23.2 Å². The van der Waals surface area contributed by atoms with Crippen LogP contribution in [-0.2, 0) is 4.79 Å². The minimum absolute atomic E-state index is 0. The number of nitrogens with zero attached hydrogens (tertiary/aromatic N) is 1. The third-order valence-corrected chi connectivity index (χ3v) is 8.24. The summed E-state index contributed by atoms with van der Waals surface area (Å²) in [6, 6.07) is 0. The molecular weight excluding hydrogens is 436 g/mol. The number of hydrogen-bond donors (Lipinski definition) is 1. The van der Waals surface area contributed by atoms with Gasteiger partial charge in [0.2, 0.25) is 0 Å². The molecule has 0 aromatic carbocycles. The number of carbonyl (C=O) groups excluding carboxylic acids is 1. The molecule has 0 spiro atoms. The second-order valence-electron chi connectivity index (χ2n) is 11.6. The van der Waals surface area contributed by atoms with Gasteiger partial charge in [-0.1, -0.05) is 64.7 Å². The molecule has 0 radical (unpaired) electrons. The van der Waals surface area contributed by atoms with Crippen molar-refractivity contribution in [3.8, 4) is 0 Å². The number of carbonyl (C=O) groups is 1. The highest BCUT2D eigenvalue weighted by molar-refractivity contribution is 5.82. The lowest BCUT2D eigenvalue weighted by Crippen LogP contribution is -3.00. The van der Waals surface area contributed by atoms with E-state index >= 15 is 0 Å². The standard InChI is InChI=1S/C26H48N2O.BrH/c1-4-5-6-7-8-9-10-11-12-13-14-15-28(2,3)27-25(29)26-19-22-16-23(20-26)18-24(17-22)21-26;/h22-24H,4-21H2,1-3H3;1H. The average molecular weight is 486 g/mol. The van der Waals surface area contributed by atoms with Crippen molar-refractivity contribution in [2.45, 2.75) is 116 Å². The third kappa shape index (κ3) is 7.50. The van der Waals surface area contributed by atoms with E-state index in [1.165, 1.54) is 109 Å². The summed E-state index contributed by atoms with van der Waals surface area (Å²) in [6.45, 7) is 3.35. The highest BCUT2D eigenvalue weighted by Gasteiger charge is 2.55. The van der Waals surface area contributed by atoms with Gasteiger partial charge in [-0.2, -0.15) is 0 Å². The zero-order valence-corrected chi connectivity index (χ0v) is 21.8. The Balaban J connectivity index is 0.00000320. The summed E-state index contributed by atoms with van der Waals surface area (Å²) in [4.78, 5) is 13.3. The fourth-order valence-electron chi connectivity index (χ4n) is 7.01. The number of amides is 1. The summed E-state index contributed by atoms with van der Waals surface area (Å²) in [6.07, 6.45) is 22.9. The van der Waals surface area contributed by atoms with Crippen LogP contribution in [0.4, 0.5) is 0 Å². The molecule has 1 amide bonds. The topological polar surface area (TPSA) is 29.1 Å². The van der Waals surface area contributed by atoms with Gasteiger partial charge in [-0.3, -0.25) is 4.79 Å². The molecule has 0 atom stereocenters. The normalized spacial score (nSPS) is 29.6. The summed E-state index contributed by atoms with van der Waals surface area (Å²) >= 11 is 0. The average Bonchev–Trinajstić information content (AvgIpc) is 2.64. The van der Waals surface area contributed by atoms with Crippen molar-refractivity contribution in [1.29, 1.82) is 0 Å². The molecule has 0 aromatic rings. The molecule has 0 aliphatic heterocycles. The Bertz CT molecular complexity index is 484. The van der Waals surface area contributed by atoms with E-state index in [9.17, 15) is 4.79 Å². The Kier molecular flexibility index (Phi) is 10.7. The Morgan fingerprint density at radius 2 is 1.17 bits per heavy atom. The van der Waals surface area contributed by atoms with E-state index in [0.29, 0.717) is 10.5 Å². The predicted molar refractivity (Wildman–Crippen MR) is 122 cm³/mol. The molecule has 4 heteroatoms. The van der Waals surface area contributed by atoms with Crippen LogP contribution in [0.5, 0.6) is 0 Å². The fraction of sp³-hybridized carbons (Fsp3) is 0.962. The number of quaternary nitrogens is 1. The lowest BCUT2D eigenvalue weighted by Gasteiger charge is -2.55. The maximum absolute atomic E-state index is 13.3. The lowest BCUT2D eigenvalue weighted by molar-refractivity contribution is -0.925. The largest absolute Gasteiger partial charge is 1.00 e. The van der Waals surface area contributed by atoms with Gasteiger partial charge in [-0.25, -0.2) is 10.0 Å². The zero-order chi connectivity index (χ0) is 20.7. The molecule has 4 fully saturated rings. The van der Waals surface area contributed by atoms with Gasteiger partial charge in [0, 0.05) is 0 Å². The molecular formula is C26H49BrN2O. The second kappa shape index (κ2) is 12.2. The number of nitrogens with one attached hydrogen (secondary N) is 1. The summed E-state index contributed by atoms with van der Waals surface area (Å²) in [5.74, 6) is 2.91. The van der Waals surface area contributed by atoms with Gasteiger partial charge in [0.25, 0.3) is 5.91 Å². The van der Waals surface area contributed by atoms with Gasteiger partial charge in [0.05, 0.1) is 19.5 Å². The van der Waals surface area contributed by atoms with E-state index in [2.05, 4.69) is 26.4 Å². The summed E-state index contributed by atoms with van der Waals surface area (Å²) in [5, 5.41) is 0. The van der Waals surface area contributed by atoms with Gasteiger partial charge in [0.1, 0.15) is 6.54 Å². The van der Waals surface area contributed by atoms with E-state index in [4.69, 9.17) is 0 Å². The van der Waals surface area contributed by atoms with Crippen LogP contribution in [0.25, 0.3) is 0 Å². The Morgan fingerprint density at radius 1 is 0.767 bits per heavy atom. The van der Waals surface area contributed by atoms with Gasteiger partial charge >= 0.3 is 0 Å². The van der Waals surface area contributed by atoms with Crippen molar-refractivity contribution in [2.24, 2.45) is 23.2 Å². The molecule has 0 heterocycles. The molecule has 30 heavy (non-hydrogen) atoms. The van der Waals surface area contributed by atoms with Crippen LogP contribution >= 0.6 is 0 Å². The molecule has 176 valence electrons. The second-order valence-corrected chi connectivity index (χ2v) is 11.6. The number of unbranched alkanes of at least 4 members (excludes halogenated alkanes) is 10. The number of hydrogen-bond acceptors (Lipinski definition) is 1. The SMILES string of the molecule is CCCCCCCCCCCCC[N+](C)(C)NC(=O)C12CC3CC(CC(C3)C1)C2.[Br-]. The third-order valence-electron chi connectivity index (χ3n) is 8.24. The Hall–Kier alpha value is -0.0900. The van der Waals surface area contributed by atoms with Crippen molar-refractivity contribution >= 4 is 5.91 Å².